The molecule has 1 amide bonds. The molecule has 0 radical (unpaired) electrons. The van der Waals surface area contributed by atoms with Crippen LogP contribution >= 0.6 is 0 Å². The molecular formula is C22H29FN4O. The van der Waals surface area contributed by atoms with Gasteiger partial charge in [0, 0.05) is 18.7 Å². The highest BCUT2D eigenvalue weighted by Gasteiger charge is 2.38. The number of piperidine rings is 1. The number of hydrogen-bond acceptors (Lipinski definition) is 3. The Bertz CT molecular complexity index is 854. The molecule has 2 atom stereocenters. The molecular weight excluding hydrogens is 355 g/mol. The molecule has 0 spiro atoms. The van der Waals surface area contributed by atoms with Gasteiger partial charge in [0.25, 0.3) is 0 Å². The van der Waals surface area contributed by atoms with Crippen LogP contribution in [0.2, 0.25) is 0 Å². The molecule has 0 saturated carbocycles. The van der Waals surface area contributed by atoms with Crippen molar-refractivity contribution in [3.05, 3.63) is 42.4 Å². The van der Waals surface area contributed by atoms with Crippen LogP contribution in [0.25, 0.3) is 11.3 Å². The van der Waals surface area contributed by atoms with E-state index in [0.717, 1.165) is 12.1 Å². The van der Waals surface area contributed by atoms with E-state index in [2.05, 4.69) is 21.7 Å². The molecule has 3 heterocycles. The highest BCUT2D eigenvalue weighted by molar-refractivity contribution is 5.82. The zero-order chi connectivity index (χ0) is 19.9. The molecule has 6 heteroatoms. The number of likely N-dealkylation sites (tertiary alicyclic amines) is 1. The lowest BCUT2D eigenvalue weighted by Crippen LogP contribution is -2.51. The number of aromatic nitrogens is 2. The number of imidazole rings is 1. The lowest BCUT2D eigenvalue weighted by molar-refractivity contribution is -0.136. The third-order valence-electron chi connectivity index (χ3n) is 6.44. The summed E-state index contributed by atoms with van der Waals surface area (Å²) in [6.07, 6.45) is 5.72. The quantitative estimate of drug-likeness (QED) is 0.857. The van der Waals surface area contributed by atoms with Crippen LogP contribution in [0, 0.1) is 5.92 Å². The zero-order valence-corrected chi connectivity index (χ0v) is 16.6. The summed E-state index contributed by atoms with van der Waals surface area (Å²) in [7, 11) is 0. The first kappa shape index (κ1) is 19.1. The first-order chi connectivity index (χ1) is 13.4. The molecule has 150 valence electrons. The maximum Gasteiger partial charge on any atom is 0.239 e. The second-order valence-corrected chi connectivity index (χ2v) is 8.57. The minimum absolute atomic E-state index is 0.0511. The van der Waals surface area contributed by atoms with Gasteiger partial charge in [0.05, 0.1) is 30.3 Å². The Morgan fingerprint density at radius 1 is 1.32 bits per heavy atom. The Morgan fingerprint density at radius 2 is 2.04 bits per heavy atom. The van der Waals surface area contributed by atoms with E-state index in [1.807, 2.05) is 38.5 Å². The van der Waals surface area contributed by atoms with Crippen molar-refractivity contribution in [1.29, 1.82) is 0 Å². The first-order valence-electron chi connectivity index (χ1n) is 10.2. The van der Waals surface area contributed by atoms with Gasteiger partial charge in [0.1, 0.15) is 5.67 Å². The molecule has 2 aromatic rings. The summed E-state index contributed by atoms with van der Waals surface area (Å²) in [5.41, 5.74) is 8.31. The number of nitrogens with zero attached hydrogens (tertiary/aromatic N) is 3. The molecule has 0 aliphatic carbocycles. The molecule has 1 saturated heterocycles. The van der Waals surface area contributed by atoms with Gasteiger partial charge in [-0.25, -0.2) is 9.37 Å². The standard InChI is InChI=1S/C22H29FN4O/c1-15(2)20(24)21(28)26-11-9-22(23,10-12-26)8-7-18-16-5-3-4-6-17(16)19-13-25-14-27(18)19/h3-6,13-15,18,20H,7-12,24H2,1-2H3/t18?,20-/m0/s1. The van der Waals surface area contributed by atoms with E-state index < -0.39 is 11.7 Å². The lowest BCUT2D eigenvalue weighted by atomic mass is 9.86. The van der Waals surface area contributed by atoms with Gasteiger partial charge in [0.2, 0.25) is 5.91 Å². The number of alkyl halides is 1. The third-order valence-corrected chi connectivity index (χ3v) is 6.44. The van der Waals surface area contributed by atoms with Gasteiger partial charge in [-0.3, -0.25) is 4.79 Å². The number of carbonyl (C=O) groups excluding carboxylic acids is 1. The predicted molar refractivity (Wildman–Crippen MR) is 108 cm³/mol. The smallest absolute Gasteiger partial charge is 0.239 e. The highest BCUT2D eigenvalue weighted by atomic mass is 19.1. The molecule has 5 nitrogen and oxygen atoms in total. The van der Waals surface area contributed by atoms with Crippen LogP contribution < -0.4 is 5.73 Å². The number of amides is 1. The van der Waals surface area contributed by atoms with E-state index in [0.29, 0.717) is 32.4 Å². The van der Waals surface area contributed by atoms with Gasteiger partial charge < -0.3 is 15.2 Å². The molecule has 2 N–H and O–H groups in total. The van der Waals surface area contributed by atoms with Crippen molar-refractivity contribution in [1.82, 2.24) is 14.5 Å². The first-order valence-corrected chi connectivity index (χ1v) is 10.2. The summed E-state index contributed by atoms with van der Waals surface area (Å²) < 4.78 is 17.7. The summed E-state index contributed by atoms with van der Waals surface area (Å²) >= 11 is 0. The summed E-state index contributed by atoms with van der Waals surface area (Å²) in [5.74, 6) is 0.0428. The van der Waals surface area contributed by atoms with Crippen molar-refractivity contribution >= 4 is 5.91 Å². The van der Waals surface area contributed by atoms with E-state index in [1.165, 1.54) is 11.1 Å². The van der Waals surface area contributed by atoms with Crippen molar-refractivity contribution in [2.75, 3.05) is 13.1 Å². The monoisotopic (exact) mass is 384 g/mol. The highest BCUT2D eigenvalue weighted by Crippen LogP contribution is 2.43. The topological polar surface area (TPSA) is 64.2 Å². The summed E-state index contributed by atoms with van der Waals surface area (Å²) in [4.78, 5) is 18.4. The van der Waals surface area contributed by atoms with E-state index in [1.54, 1.807) is 4.90 Å². The number of hydrogen-bond donors (Lipinski definition) is 1. The Morgan fingerprint density at radius 3 is 2.75 bits per heavy atom. The average Bonchev–Trinajstić information content (AvgIpc) is 3.27. The van der Waals surface area contributed by atoms with Crippen LogP contribution in [-0.2, 0) is 4.79 Å². The normalized spacial score (nSPS) is 21.5. The van der Waals surface area contributed by atoms with Crippen LogP contribution in [0.4, 0.5) is 4.39 Å². The fourth-order valence-electron chi connectivity index (χ4n) is 4.50. The molecule has 1 fully saturated rings. The van der Waals surface area contributed by atoms with Crippen LogP contribution in [0.1, 0.15) is 51.1 Å². The number of nitrogens with two attached hydrogens (primary N) is 1. The molecule has 1 unspecified atom stereocenters. The molecule has 1 aromatic carbocycles. The molecule has 2 aliphatic rings. The SMILES string of the molecule is CC(C)[C@H](N)C(=O)N1CCC(F)(CCC2c3ccccc3-c3cncn32)CC1. The second-order valence-electron chi connectivity index (χ2n) is 8.57. The zero-order valence-electron chi connectivity index (χ0n) is 16.6. The van der Waals surface area contributed by atoms with Crippen LogP contribution in [-0.4, -0.2) is 45.2 Å². The third kappa shape index (κ3) is 3.34. The van der Waals surface area contributed by atoms with Gasteiger partial charge in [0.15, 0.2) is 0 Å². The minimum Gasteiger partial charge on any atom is -0.341 e. The number of fused-ring (bicyclic) bond motifs is 3. The van der Waals surface area contributed by atoms with Gasteiger partial charge in [-0.05, 0) is 37.2 Å². The van der Waals surface area contributed by atoms with Crippen molar-refractivity contribution in [2.24, 2.45) is 11.7 Å². The van der Waals surface area contributed by atoms with Gasteiger partial charge in [-0.1, -0.05) is 38.1 Å². The molecule has 0 bridgehead atoms. The van der Waals surface area contributed by atoms with Crippen molar-refractivity contribution in [3.63, 3.8) is 0 Å². The number of carbonyl (C=O) groups is 1. The molecule has 2 aliphatic heterocycles. The average molecular weight is 384 g/mol. The van der Waals surface area contributed by atoms with Crippen molar-refractivity contribution in [2.45, 2.75) is 57.3 Å². The van der Waals surface area contributed by atoms with Gasteiger partial charge >= 0.3 is 0 Å². The van der Waals surface area contributed by atoms with Crippen LogP contribution in [0.3, 0.4) is 0 Å². The number of benzene rings is 1. The fourth-order valence-corrected chi connectivity index (χ4v) is 4.50. The molecule has 28 heavy (non-hydrogen) atoms. The Kier molecular flexibility index (Phi) is 5.00. The van der Waals surface area contributed by atoms with E-state index >= 15 is 4.39 Å². The summed E-state index contributed by atoms with van der Waals surface area (Å²) in [5, 5.41) is 0. The summed E-state index contributed by atoms with van der Waals surface area (Å²) in [6.45, 7) is 4.78. The predicted octanol–water partition coefficient (Wildman–Crippen LogP) is 3.55. The fraction of sp³-hybridized carbons (Fsp3) is 0.545. The van der Waals surface area contributed by atoms with Crippen LogP contribution in [0.5, 0.6) is 0 Å². The van der Waals surface area contributed by atoms with Gasteiger partial charge in [-0.2, -0.15) is 0 Å². The maximum absolute atomic E-state index is 15.5. The minimum atomic E-state index is -1.23. The second kappa shape index (κ2) is 7.32. The summed E-state index contributed by atoms with van der Waals surface area (Å²) in [6, 6.07) is 7.95. The van der Waals surface area contributed by atoms with E-state index in [4.69, 9.17) is 5.73 Å². The Hall–Kier alpha value is -2.21. The lowest BCUT2D eigenvalue weighted by Gasteiger charge is -2.38. The largest absolute Gasteiger partial charge is 0.341 e. The van der Waals surface area contributed by atoms with Crippen LogP contribution in [0.15, 0.2) is 36.8 Å². The van der Waals surface area contributed by atoms with Gasteiger partial charge in [-0.15, -0.1) is 0 Å². The maximum atomic E-state index is 15.5. The molecule has 1 aromatic heterocycles. The van der Waals surface area contributed by atoms with E-state index in [9.17, 15) is 4.79 Å². The van der Waals surface area contributed by atoms with Crippen molar-refractivity contribution in [3.8, 4) is 11.3 Å². The Balaban J connectivity index is 1.39. The molecule has 4 rings (SSSR count). The van der Waals surface area contributed by atoms with Crippen molar-refractivity contribution < 1.29 is 9.18 Å². The number of rotatable bonds is 5. The number of halogens is 1. The van der Waals surface area contributed by atoms with E-state index in [-0.39, 0.29) is 17.9 Å². The Labute approximate surface area is 165 Å².